The number of fused-ring (bicyclic) bond motifs is 2. The second-order valence-corrected chi connectivity index (χ2v) is 6.48. The second kappa shape index (κ2) is 5.20. The topological polar surface area (TPSA) is 32.3 Å². The van der Waals surface area contributed by atoms with Gasteiger partial charge in [-0.25, -0.2) is 0 Å². The van der Waals surface area contributed by atoms with Gasteiger partial charge in [-0.15, -0.1) is 0 Å². The maximum absolute atomic E-state index is 12.4. The van der Waals surface area contributed by atoms with Gasteiger partial charge in [0, 0.05) is 6.04 Å². The van der Waals surface area contributed by atoms with Crippen molar-refractivity contribution < 1.29 is 4.79 Å². The molecular formula is C15H26N2O. The highest BCUT2D eigenvalue weighted by molar-refractivity contribution is 5.82. The molecule has 0 spiro atoms. The Morgan fingerprint density at radius 1 is 1.28 bits per heavy atom. The van der Waals surface area contributed by atoms with Gasteiger partial charge in [-0.05, 0) is 63.5 Å². The minimum Gasteiger partial charge on any atom is -0.352 e. The monoisotopic (exact) mass is 250 g/mol. The molecule has 3 rings (SSSR count). The third-order valence-electron chi connectivity index (χ3n) is 5.24. The summed E-state index contributed by atoms with van der Waals surface area (Å²) in [5.41, 5.74) is 0. The van der Waals surface area contributed by atoms with E-state index in [4.69, 9.17) is 0 Å². The lowest BCUT2D eigenvalue weighted by atomic mass is 9.95. The van der Waals surface area contributed by atoms with Crippen molar-refractivity contribution in [2.75, 3.05) is 13.1 Å². The standard InChI is InChI=1S/C15H26N2O/c1-2-7-17-8-3-4-14(17)15(18)16-13-10-11-5-6-12(13)9-11/h11-14H,2-10H2,1H3,(H,16,18)/t11-,12+,13-,14-/m1/s1. The van der Waals surface area contributed by atoms with Crippen molar-refractivity contribution in [3.8, 4) is 0 Å². The first-order valence-corrected chi connectivity index (χ1v) is 7.82. The van der Waals surface area contributed by atoms with Gasteiger partial charge in [0.25, 0.3) is 0 Å². The van der Waals surface area contributed by atoms with E-state index in [2.05, 4.69) is 17.1 Å². The van der Waals surface area contributed by atoms with Crippen molar-refractivity contribution >= 4 is 5.91 Å². The quantitative estimate of drug-likeness (QED) is 0.829. The van der Waals surface area contributed by atoms with Crippen molar-refractivity contribution in [3.05, 3.63) is 0 Å². The van der Waals surface area contributed by atoms with Crippen LogP contribution in [-0.2, 0) is 4.79 Å². The third-order valence-corrected chi connectivity index (χ3v) is 5.24. The van der Waals surface area contributed by atoms with Gasteiger partial charge < -0.3 is 5.32 Å². The minimum absolute atomic E-state index is 0.170. The molecule has 0 radical (unpaired) electrons. The lowest BCUT2D eigenvalue weighted by Crippen LogP contribution is -2.48. The zero-order chi connectivity index (χ0) is 12.5. The summed E-state index contributed by atoms with van der Waals surface area (Å²) in [6.07, 6.45) is 8.77. The number of likely N-dealkylation sites (tertiary alicyclic amines) is 1. The average Bonchev–Trinajstić information content (AvgIpc) is 3.04. The second-order valence-electron chi connectivity index (χ2n) is 6.48. The summed E-state index contributed by atoms with van der Waals surface area (Å²) in [5, 5.41) is 3.36. The lowest BCUT2D eigenvalue weighted by molar-refractivity contribution is -0.126. The highest BCUT2D eigenvalue weighted by atomic mass is 16.2. The lowest BCUT2D eigenvalue weighted by Gasteiger charge is -2.28. The van der Waals surface area contributed by atoms with E-state index in [0.29, 0.717) is 11.9 Å². The zero-order valence-electron chi connectivity index (χ0n) is 11.5. The molecule has 3 nitrogen and oxygen atoms in total. The van der Waals surface area contributed by atoms with Crippen LogP contribution in [0.5, 0.6) is 0 Å². The largest absolute Gasteiger partial charge is 0.352 e. The van der Waals surface area contributed by atoms with Crippen LogP contribution in [0.1, 0.15) is 51.9 Å². The molecule has 102 valence electrons. The van der Waals surface area contributed by atoms with Gasteiger partial charge in [0.15, 0.2) is 0 Å². The van der Waals surface area contributed by atoms with Gasteiger partial charge in [0.1, 0.15) is 0 Å². The van der Waals surface area contributed by atoms with Crippen molar-refractivity contribution in [2.24, 2.45) is 11.8 Å². The number of carbonyl (C=O) groups is 1. The number of hydrogen-bond acceptors (Lipinski definition) is 2. The zero-order valence-corrected chi connectivity index (χ0v) is 11.5. The van der Waals surface area contributed by atoms with E-state index in [0.717, 1.165) is 37.8 Å². The average molecular weight is 250 g/mol. The first kappa shape index (κ1) is 12.5. The fraction of sp³-hybridized carbons (Fsp3) is 0.933. The van der Waals surface area contributed by atoms with E-state index in [1.165, 1.54) is 32.1 Å². The summed E-state index contributed by atoms with van der Waals surface area (Å²) >= 11 is 0. The number of amides is 1. The molecule has 0 aromatic rings. The van der Waals surface area contributed by atoms with Gasteiger partial charge in [0.2, 0.25) is 5.91 Å². The summed E-state index contributed by atoms with van der Waals surface area (Å²) in [4.78, 5) is 14.8. The molecule has 2 aliphatic carbocycles. The Kier molecular flexibility index (Phi) is 3.60. The molecular weight excluding hydrogens is 224 g/mol. The molecule has 2 bridgehead atoms. The molecule has 2 saturated carbocycles. The van der Waals surface area contributed by atoms with E-state index in [1.807, 2.05) is 0 Å². The number of rotatable bonds is 4. The van der Waals surface area contributed by atoms with E-state index < -0.39 is 0 Å². The van der Waals surface area contributed by atoms with Crippen molar-refractivity contribution in [3.63, 3.8) is 0 Å². The van der Waals surface area contributed by atoms with Crippen LogP contribution in [0.3, 0.4) is 0 Å². The molecule has 0 unspecified atom stereocenters. The minimum atomic E-state index is 0.170. The fourth-order valence-corrected chi connectivity index (χ4v) is 4.38. The van der Waals surface area contributed by atoms with Gasteiger partial charge >= 0.3 is 0 Å². The van der Waals surface area contributed by atoms with Crippen LogP contribution in [0, 0.1) is 11.8 Å². The Morgan fingerprint density at radius 2 is 2.17 bits per heavy atom. The SMILES string of the molecule is CCCN1CCC[C@@H]1C(=O)N[C@@H]1C[C@@H]2CC[C@H]1C2. The van der Waals surface area contributed by atoms with E-state index in [-0.39, 0.29) is 6.04 Å². The first-order valence-electron chi connectivity index (χ1n) is 7.82. The molecule has 3 fully saturated rings. The summed E-state index contributed by atoms with van der Waals surface area (Å²) in [7, 11) is 0. The Balaban J connectivity index is 1.54. The smallest absolute Gasteiger partial charge is 0.237 e. The van der Waals surface area contributed by atoms with Crippen LogP contribution in [0.2, 0.25) is 0 Å². The number of carbonyl (C=O) groups excluding carboxylic acids is 1. The number of nitrogens with one attached hydrogen (secondary N) is 1. The predicted octanol–water partition coefficient (Wildman–Crippen LogP) is 2.17. The molecule has 1 aliphatic heterocycles. The van der Waals surface area contributed by atoms with E-state index >= 15 is 0 Å². The molecule has 1 heterocycles. The summed E-state index contributed by atoms with van der Waals surface area (Å²) in [6.45, 7) is 4.39. The maximum Gasteiger partial charge on any atom is 0.237 e. The normalized spacial score (nSPS) is 39.4. The Bertz CT molecular complexity index is 318. The van der Waals surface area contributed by atoms with Crippen LogP contribution in [0.15, 0.2) is 0 Å². The van der Waals surface area contributed by atoms with Crippen LogP contribution in [0.25, 0.3) is 0 Å². The van der Waals surface area contributed by atoms with E-state index in [1.54, 1.807) is 0 Å². The number of nitrogens with zero attached hydrogens (tertiary/aromatic N) is 1. The fourth-order valence-electron chi connectivity index (χ4n) is 4.38. The van der Waals surface area contributed by atoms with Gasteiger partial charge in [-0.1, -0.05) is 13.3 Å². The Morgan fingerprint density at radius 3 is 2.83 bits per heavy atom. The van der Waals surface area contributed by atoms with Gasteiger partial charge in [-0.3, -0.25) is 9.69 Å². The van der Waals surface area contributed by atoms with Gasteiger partial charge in [0.05, 0.1) is 6.04 Å². The summed E-state index contributed by atoms with van der Waals surface area (Å²) in [5.74, 6) is 2.02. The van der Waals surface area contributed by atoms with Crippen LogP contribution in [-0.4, -0.2) is 36.0 Å². The Labute approximate surface area is 110 Å². The molecule has 3 heteroatoms. The molecule has 3 aliphatic rings. The molecule has 1 amide bonds. The van der Waals surface area contributed by atoms with Crippen LogP contribution in [0.4, 0.5) is 0 Å². The van der Waals surface area contributed by atoms with Crippen molar-refractivity contribution in [2.45, 2.75) is 64.0 Å². The van der Waals surface area contributed by atoms with Crippen molar-refractivity contribution in [1.82, 2.24) is 10.2 Å². The molecule has 18 heavy (non-hydrogen) atoms. The third kappa shape index (κ3) is 2.29. The molecule has 1 N–H and O–H groups in total. The highest BCUT2D eigenvalue weighted by Gasteiger charge is 2.41. The number of hydrogen-bond donors (Lipinski definition) is 1. The van der Waals surface area contributed by atoms with Crippen LogP contribution < -0.4 is 5.32 Å². The van der Waals surface area contributed by atoms with Crippen molar-refractivity contribution in [1.29, 1.82) is 0 Å². The molecule has 0 aromatic heterocycles. The summed E-state index contributed by atoms with van der Waals surface area (Å²) in [6, 6.07) is 0.671. The molecule has 4 atom stereocenters. The Hall–Kier alpha value is -0.570. The maximum atomic E-state index is 12.4. The van der Waals surface area contributed by atoms with Gasteiger partial charge in [-0.2, -0.15) is 0 Å². The van der Waals surface area contributed by atoms with Crippen LogP contribution >= 0.6 is 0 Å². The predicted molar refractivity (Wildman–Crippen MR) is 72.3 cm³/mol. The highest BCUT2D eigenvalue weighted by Crippen LogP contribution is 2.44. The van der Waals surface area contributed by atoms with E-state index in [9.17, 15) is 4.79 Å². The molecule has 0 aromatic carbocycles. The summed E-state index contributed by atoms with van der Waals surface area (Å²) < 4.78 is 0. The molecule has 1 saturated heterocycles. The first-order chi connectivity index (χ1) is 8.78.